The van der Waals surface area contributed by atoms with Gasteiger partial charge in [0.1, 0.15) is 5.75 Å². The van der Waals surface area contributed by atoms with Gasteiger partial charge in [0.15, 0.2) is 0 Å². The number of fused-ring (bicyclic) bond motifs is 1. The van der Waals surface area contributed by atoms with E-state index in [0.717, 1.165) is 28.9 Å². The number of nitrogens with zero attached hydrogens (tertiary/aromatic N) is 2. The first-order valence-electron chi connectivity index (χ1n) is 7.76. The van der Waals surface area contributed by atoms with Crippen molar-refractivity contribution in [3.63, 3.8) is 0 Å². The Bertz CT molecular complexity index is 717. The molecule has 0 amide bonds. The standard InChI is InChI=1S/C15H15Cl2N3O.C2H6/c1-7(2)11-6-12(20-15(18)19-11)13-8-3-4-21-14(8)10(17)5-9(13)16;1-2/h5-7H,3-4H2,1-2H3,(H2,18,19,20);1-2H3. The number of hydrogen-bond donors (Lipinski definition) is 1. The minimum absolute atomic E-state index is 0.245. The molecule has 0 fully saturated rings. The van der Waals surface area contributed by atoms with Crippen LogP contribution in [0.1, 0.15) is 44.9 Å². The van der Waals surface area contributed by atoms with Gasteiger partial charge in [0.25, 0.3) is 0 Å². The Morgan fingerprint density at radius 2 is 1.83 bits per heavy atom. The van der Waals surface area contributed by atoms with Crippen LogP contribution in [-0.4, -0.2) is 16.6 Å². The summed E-state index contributed by atoms with van der Waals surface area (Å²) in [7, 11) is 0. The van der Waals surface area contributed by atoms with Gasteiger partial charge in [-0.15, -0.1) is 0 Å². The molecular weight excluding hydrogens is 333 g/mol. The van der Waals surface area contributed by atoms with Crippen molar-refractivity contribution in [3.8, 4) is 17.0 Å². The van der Waals surface area contributed by atoms with E-state index in [1.54, 1.807) is 6.07 Å². The SMILES string of the molecule is CC.CC(C)c1cc(-c2c(Cl)cc(Cl)c3c2CCO3)nc(N)n1. The highest BCUT2D eigenvalue weighted by atomic mass is 35.5. The van der Waals surface area contributed by atoms with Crippen molar-refractivity contribution in [3.05, 3.63) is 33.4 Å². The fraction of sp³-hybridized carbons (Fsp3) is 0.412. The van der Waals surface area contributed by atoms with Crippen LogP contribution >= 0.6 is 23.2 Å². The molecule has 0 saturated heterocycles. The fourth-order valence-electron chi connectivity index (χ4n) is 2.49. The fourth-order valence-corrected chi connectivity index (χ4v) is 3.14. The van der Waals surface area contributed by atoms with Crippen molar-refractivity contribution >= 4 is 29.2 Å². The largest absolute Gasteiger partial charge is 0.491 e. The topological polar surface area (TPSA) is 61.0 Å². The van der Waals surface area contributed by atoms with Crippen LogP contribution in [0.4, 0.5) is 5.95 Å². The minimum atomic E-state index is 0.245. The molecule has 124 valence electrons. The van der Waals surface area contributed by atoms with Crippen LogP contribution in [0.15, 0.2) is 12.1 Å². The summed E-state index contributed by atoms with van der Waals surface area (Å²) in [6.45, 7) is 8.71. The Morgan fingerprint density at radius 3 is 2.48 bits per heavy atom. The Hall–Kier alpha value is -1.52. The molecular formula is C17H21Cl2N3O. The molecule has 1 aliphatic rings. The lowest BCUT2D eigenvalue weighted by Crippen LogP contribution is -2.03. The van der Waals surface area contributed by atoms with Gasteiger partial charge in [-0.3, -0.25) is 0 Å². The quantitative estimate of drug-likeness (QED) is 0.813. The number of hydrogen-bond acceptors (Lipinski definition) is 4. The van der Waals surface area contributed by atoms with Gasteiger partial charge in [0.2, 0.25) is 5.95 Å². The van der Waals surface area contributed by atoms with Crippen molar-refractivity contribution in [2.45, 2.75) is 40.0 Å². The maximum atomic E-state index is 6.39. The molecule has 2 aromatic rings. The van der Waals surface area contributed by atoms with E-state index in [-0.39, 0.29) is 11.9 Å². The van der Waals surface area contributed by atoms with E-state index in [1.807, 2.05) is 19.9 Å². The summed E-state index contributed by atoms with van der Waals surface area (Å²) >= 11 is 12.6. The van der Waals surface area contributed by atoms with Crippen molar-refractivity contribution < 1.29 is 4.74 Å². The van der Waals surface area contributed by atoms with Gasteiger partial charge in [-0.05, 0) is 18.1 Å². The number of benzene rings is 1. The Labute approximate surface area is 147 Å². The summed E-state index contributed by atoms with van der Waals surface area (Å²) in [6, 6.07) is 3.62. The average Bonchev–Trinajstić information content (AvgIpc) is 2.98. The summed E-state index contributed by atoms with van der Waals surface area (Å²) in [4.78, 5) is 8.60. The summed E-state index contributed by atoms with van der Waals surface area (Å²) in [5, 5.41) is 1.08. The zero-order valence-electron chi connectivity index (χ0n) is 13.8. The first-order chi connectivity index (χ1) is 11.0. The molecule has 3 rings (SSSR count). The lowest BCUT2D eigenvalue weighted by molar-refractivity contribution is 0.357. The Kier molecular flexibility index (Phi) is 5.71. The second-order valence-corrected chi connectivity index (χ2v) is 6.13. The summed E-state index contributed by atoms with van der Waals surface area (Å²) in [6.07, 6.45) is 0.756. The zero-order valence-corrected chi connectivity index (χ0v) is 15.3. The van der Waals surface area contributed by atoms with Gasteiger partial charge >= 0.3 is 0 Å². The molecule has 6 heteroatoms. The molecule has 0 bridgehead atoms. The van der Waals surface area contributed by atoms with Crippen LogP contribution in [0.5, 0.6) is 5.75 Å². The lowest BCUT2D eigenvalue weighted by atomic mass is 10.00. The molecule has 4 nitrogen and oxygen atoms in total. The van der Waals surface area contributed by atoms with Crippen LogP contribution in [0.25, 0.3) is 11.3 Å². The highest BCUT2D eigenvalue weighted by Crippen LogP contribution is 2.44. The molecule has 0 spiro atoms. The van der Waals surface area contributed by atoms with Crippen molar-refractivity contribution in [1.29, 1.82) is 0 Å². The summed E-state index contributed by atoms with van der Waals surface area (Å²) in [5.74, 6) is 1.19. The summed E-state index contributed by atoms with van der Waals surface area (Å²) in [5.41, 5.74) is 9.26. The second-order valence-electron chi connectivity index (χ2n) is 5.31. The van der Waals surface area contributed by atoms with Gasteiger partial charge in [0, 0.05) is 23.2 Å². The van der Waals surface area contributed by atoms with E-state index in [9.17, 15) is 0 Å². The number of nitrogen functional groups attached to an aromatic ring is 1. The van der Waals surface area contributed by atoms with E-state index >= 15 is 0 Å². The molecule has 1 aromatic heterocycles. The van der Waals surface area contributed by atoms with E-state index in [2.05, 4.69) is 23.8 Å². The Balaban J connectivity index is 0.000000924. The molecule has 0 aliphatic carbocycles. The van der Waals surface area contributed by atoms with Gasteiger partial charge in [0.05, 0.1) is 22.3 Å². The molecule has 23 heavy (non-hydrogen) atoms. The first-order valence-corrected chi connectivity index (χ1v) is 8.51. The van der Waals surface area contributed by atoms with Crippen LogP contribution in [-0.2, 0) is 6.42 Å². The molecule has 0 unspecified atom stereocenters. The predicted octanol–water partition coefficient (Wildman–Crippen LogP) is 5.12. The maximum absolute atomic E-state index is 6.39. The third-order valence-electron chi connectivity index (χ3n) is 3.49. The monoisotopic (exact) mass is 353 g/mol. The molecule has 2 N–H and O–H groups in total. The predicted molar refractivity (Wildman–Crippen MR) is 96.5 cm³/mol. The summed E-state index contributed by atoms with van der Waals surface area (Å²) < 4.78 is 5.59. The second kappa shape index (κ2) is 7.37. The van der Waals surface area contributed by atoms with Gasteiger partial charge in [-0.25, -0.2) is 9.97 Å². The minimum Gasteiger partial charge on any atom is -0.491 e. The van der Waals surface area contributed by atoms with Gasteiger partial charge in [-0.1, -0.05) is 50.9 Å². The lowest BCUT2D eigenvalue weighted by Gasteiger charge is -2.13. The number of halogens is 2. The number of rotatable bonds is 2. The van der Waals surface area contributed by atoms with Gasteiger partial charge < -0.3 is 10.5 Å². The molecule has 0 atom stereocenters. The highest BCUT2D eigenvalue weighted by Gasteiger charge is 2.24. The van der Waals surface area contributed by atoms with Crippen LogP contribution in [0.2, 0.25) is 10.0 Å². The molecule has 2 heterocycles. The van der Waals surface area contributed by atoms with Crippen molar-refractivity contribution in [1.82, 2.24) is 9.97 Å². The smallest absolute Gasteiger partial charge is 0.220 e. The maximum Gasteiger partial charge on any atom is 0.220 e. The van der Waals surface area contributed by atoms with Crippen molar-refractivity contribution in [2.24, 2.45) is 0 Å². The normalized spacial score (nSPS) is 12.5. The number of aromatic nitrogens is 2. The third-order valence-corrected chi connectivity index (χ3v) is 4.07. The molecule has 0 saturated carbocycles. The van der Waals surface area contributed by atoms with E-state index in [4.69, 9.17) is 33.7 Å². The van der Waals surface area contributed by atoms with Crippen LogP contribution in [0.3, 0.4) is 0 Å². The zero-order chi connectivity index (χ0) is 17.1. The molecule has 0 radical (unpaired) electrons. The Morgan fingerprint density at radius 1 is 1.13 bits per heavy atom. The van der Waals surface area contributed by atoms with E-state index in [1.165, 1.54) is 0 Å². The average molecular weight is 354 g/mol. The van der Waals surface area contributed by atoms with E-state index < -0.39 is 0 Å². The van der Waals surface area contributed by atoms with Crippen LogP contribution in [0, 0.1) is 0 Å². The van der Waals surface area contributed by atoms with E-state index in [0.29, 0.717) is 22.4 Å². The first kappa shape index (κ1) is 17.8. The number of anilines is 1. The van der Waals surface area contributed by atoms with Crippen LogP contribution < -0.4 is 10.5 Å². The third kappa shape index (κ3) is 3.54. The number of nitrogens with two attached hydrogens (primary N) is 1. The molecule has 1 aromatic carbocycles. The highest BCUT2D eigenvalue weighted by molar-refractivity contribution is 6.37. The van der Waals surface area contributed by atoms with Crippen molar-refractivity contribution in [2.75, 3.05) is 12.3 Å². The molecule has 1 aliphatic heterocycles. The number of ether oxygens (including phenoxy) is 1. The van der Waals surface area contributed by atoms with Gasteiger partial charge in [-0.2, -0.15) is 0 Å².